The molecule has 25 nitrogen and oxygen atoms in total. The molecular weight excluding hydrogens is 1420 g/mol. The average molecular weight is 1550 g/mol. The molecule has 3 aromatic carbocycles. The summed E-state index contributed by atoms with van der Waals surface area (Å²) in [4.78, 5) is 134. The fourth-order valence-corrected chi connectivity index (χ4v) is 10.9. The van der Waals surface area contributed by atoms with Crippen LogP contribution in [0.4, 0.5) is 0 Å². The summed E-state index contributed by atoms with van der Waals surface area (Å²) in [5.41, 5.74) is 0.616. The Balaban J connectivity index is 1.01. The normalized spacial score (nSPS) is 11.1. The van der Waals surface area contributed by atoms with E-state index >= 15 is 0 Å². The number of hydrogen-bond acceptors (Lipinski definition) is 25. The summed E-state index contributed by atoms with van der Waals surface area (Å²) in [5.74, 6) is -2.27. The maximum absolute atomic E-state index is 12.9. The molecule has 0 aliphatic heterocycles. The van der Waals surface area contributed by atoms with Crippen molar-refractivity contribution < 1.29 is 119 Å². The number of rotatable bonds is 69. The molecule has 0 saturated carbocycles. The molecule has 1 atom stereocenters. The number of benzene rings is 3. The van der Waals surface area contributed by atoms with Crippen molar-refractivity contribution in [3.63, 3.8) is 0 Å². The number of hydrogen-bond donors (Lipinski definition) is 1. The largest absolute Gasteiger partial charge is 0.494 e. The summed E-state index contributed by atoms with van der Waals surface area (Å²) < 4.78 is 70.5. The van der Waals surface area contributed by atoms with E-state index in [0.29, 0.717) is 198 Å². The average Bonchev–Trinajstić information content (AvgIpc) is 0.860. The van der Waals surface area contributed by atoms with Crippen molar-refractivity contribution in [3.8, 4) is 23.0 Å². The van der Waals surface area contributed by atoms with E-state index in [0.717, 1.165) is 102 Å². The Morgan fingerprint density at radius 3 is 0.845 bits per heavy atom. The van der Waals surface area contributed by atoms with E-state index in [1.54, 1.807) is 48.5 Å². The lowest BCUT2D eigenvalue weighted by molar-refractivity contribution is -0.158. The summed E-state index contributed by atoms with van der Waals surface area (Å²) in [5, 5.41) is 8.77. The van der Waals surface area contributed by atoms with Crippen LogP contribution in [-0.2, 0) is 85.8 Å². The Morgan fingerprint density at radius 2 is 0.564 bits per heavy atom. The topological polar surface area (TPSA) is 328 Å². The van der Waals surface area contributed by atoms with Gasteiger partial charge in [-0.2, -0.15) is 0 Å². The first-order chi connectivity index (χ1) is 53.6. The first-order valence-electron chi connectivity index (χ1n) is 40.3. The molecule has 1 unspecified atom stereocenters. The first kappa shape index (κ1) is 95.3. The van der Waals surface area contributed by atoms with E-state index in [4.69, 9.17) is 66.7 Å². The van der Waals surface area contributed by atoms with Crippen LogP contribution >= 0.6 is 0 Å². The second kappa shape index (κ2) is 64.9. The van der Waals surface area contributed by atoms with Gasteiger partial charge in [-0.3, -0.25) is 38.4 Å². The van der Waals surface area contributed by atoms with Gasteiger partial charge >= 0.3 is 65.7 Å². The van der Waals surface area contributed by atoms with Gasteiger partial charge in [0.2, 0.25) is 6.29 Å². The van der Waals surface area contributed by atoms with Gasteiger partial charge in [-0.05, 0) is 240 Å². The fourth-order valence-electron chi connectivity index (χ4n) is 10.9. The van der Waals surface area contributed by atoms with Crippen molar-refractivity contribution in [2.75, 3.05) is 66.1 Å². The van der Waals surface area contributed by atoms with Crippen LogP contribution in [0.15, 0.2) is 85.5 Å². The highest BCUT2D eigenvalue weighted by atomic mass is 16.7. The maximum atomic E-state index is 12.9. The van der Waals surface area contributed by atoms with E-state index in [-0.39, 0.29) is 124 Å². The lowest BCUT2D eigenvalue weighted by atomic mass is 10.1. The van der Waals surface area contributed by atoms with Crippen LogP contribution in [0.2, 0.25) is 0 Å². The number of aliphatic hydroxyl groups is 1. The Bertz CT molecular complexity index is 3040. The van der Waals surface area contributed by atoms with Gasteiger partial charge < -0.3 is 66.7 Å². The number of aliphatic hydroxyl groups excluding tert-OH is 1. The molecule has 3 aromatic rings. The highest BCUT2D eigenvalue weighted by molar-refractivity contribution is 5.92. The van der Waals surface area contributed by atoms with Crippen molar-refractivity contribution in [2.24, 2.45) is 0 Å². The van der Waals surface area contributed by atoms with Crippen molar-refractivity contribution in [2.45, 2.75) is 283 Å². The van der Waals surface area contributed by atoms with Crippen molar-refractivity contribution >= 4 is 65.7 Å². The molecule has 0 aliphatic carbocycles. The van der Waals surface area contributed by atoms with Crippen LogP contribution < -0.4 is 18.9 Å². The third kappa shape index (κ3) is 53.1. The molecule has 110 heavy (non-hydrogen) atoms. The minimum atomic E-state index is -0.783. The highest BCUT2D eigenvalue weighted by Gasteiger charge is 2.18. The van der Waals surface area contributed by atoms with Crippen LogP contribution in [0.25, 0.3) is 0 Å². The van der Waals surface area contributed by atoms with E-state index < -0.39 is 24.2 Å². The van der Waals surface area contributed by atoms with Crippen LogP contribution in [0, 0.1) is 0 Å². The predicted octanol–water partition coefficient (Wildman–Crippen LogP) is 16.7. The summed E-state index contributed by atoms with van der Waals surface area (Å²) in [6.45, 7) is 8.62. The Hall–Kier alpha value is -8.87. The van der Waals surface area contributed by atoms with Gasteiger partial charge in [-0.15, -0.1) is 0 Å². The van der Waals surface area contributed by atoms with Crippen molar-refractivity contribution in [1.82, 2.24) is 0 Å². The zero-order valence-corrected chi connectivity index (χ0v) is 65.3. The molecular formula is C85H124O25. The molecule has 0 heterocycles. The number of unbranched alkanes of at least 4 members (excludes halogenated alkanes) is 23. The van der Waals surface area contributed by atoms with Gasteiger partial charge in [0.1, 0.15) is 23.0 Å². The van der Waals surface area contributed by atoms with Gasteiger partial charge in [-0.25, -0.2) is 14.4 Å². The molecule has 0 fully saturated rings. The van der Waals surface area contributed by atoms with E-state index in [2.05, 4.69) is 13.5 Å². The number of ether oxygens (including phenoxy) is 13. The van der Waals surface area contributed by atoms with Crippen LogP contribution in [0.3, 0.4) is 0 Å². The number of esters is 11. The highest BCUT2D eigenvalue weighted by Crippen LogP contribution is 2.24. The summed E-state index contributed by atoms with van der Waals surface area (Å²) in [7, 11) is 0. The lowest BCUT2D eigenvalue weighted by Gasteiger charge is -2.18. The van der Waals surface area contributed by atoms with Gasteiger partial charge in [-0.1, -0.05) is 58.4 Å². The first-order valence-corrected chi connectivity index (χ1v) is 40.3. The molecule has 3 rings (SSSR count). The van der Waals surface area contributed by atoms with Crippen molar-refractivity contribution in [1.29, 1.82) is 0 Å². The number of carbonyl (C=O) groups is 11. The molecule has 0 saturated heterocycles. The van der Waals surface area contributed by atoms with Gasteiger partial charge in [0.15, 0.2) is 0 Å². The molecule has 25 heteroatoms. The van der Waals surface area contributed by atoms with E-state index in [1.165, 1.54) is 24.3 Å². The Kier molecular flexibility index (Phi) is 56.2. The number of carbonyl (C=O) groups excluding carboxylic acids is 11. The monoisotopic (exact) mass is 1540 g/mol. The van der Waals surface area contributed by atoms with Crippen LogP contribution in [0.5, 0.6) is 23.0 Å². The maximum Gasteiger partial charge on any atom is 0.343 e. The summed E-state index contributed by atoms with van der Waals surface area (Å²) >= 11 is 0. The standard InChI is InChI=1S/C85H124O25/c1-3-5-18-45-83(110-74(87)4-2)107-71-52-48-69(49-53-71)85(97)109-73-56-54-72(55-57-73)108-84(96)68-46-50-70(51-47-68)98-59-28-8-6-7-9-29-60-99-76(89)38-20-11-31-62-101-78(91)40-22-13-33-64-103-80(93)42-24-15-35-66-105-82(95)44-26-17-36-67-106-81(94)43-25-16-34-65-104-79(92)41-23-14-32-63-102-77(90)39-21-12-30-61-100-75(88)37-19-10-27-58-86/h4,46-57,83,86H,2-3,5-45,58-67H2,1H3. The molecule has 1 N–H and O–H groups in total. The van der Waals surface area contributed by atoms with Crippen molar-refractivity contribution in [3.05, 3.63) is 96.6 Å². The van der Waals surface area contributed by atoms with Gasteiger partial charge in [0, 0.05) is 70.5 Å². The molecule has 0 radical (unpaired) electrons. The third-order valence-electron chi connectivity index (χ3n) is 17.3. The predicted molar refractivity (Wildman–Crippen MR) is 410 cm³/mol. The summed E-state index contributed by atoms with van der Waals surface area (Å²) in [6, 6.07) is 19.1. The molecule has 0 aromatic heterocycles. The van der Waals surface area contributed by atoms with E-state index in [9.17, 15) is 52.7 Å². The molecule has 0 amide bonds. The van der Waals surface area contributed by atoms with E-state index in [1.807, 2.05) is 0 Å². The molecule has 0 bridgehead atoms. The zero-order valence-electron chi connectivity index (χ0n) is 65.3. The van der Waals surface area contributed by atoms with Gasteiger partial charge in [0.05, 0.1) is 70.6 Å². The Labute approximate surface area is 650 Å². The third-order valence-corrected chi connectivity index (χ3v) is 17.3. The molecule has 0 spiro atoms. The van der Waals surface area contributed by atoms with Crippen LogP contribution in [0.1, 0.15) is 297 Å². The second-order valence-corrected chi connectivity index (χ2v) is 26.9. The fraction of sp³-hybridized carbons (Fsp3) is 0.635. The quantitative estimate of drug-likeness (QED) is 0.0137. The second-order valence-electron chi connectivity index (χ2n) is 26.9. The minimum absolute atomic E-state index is 0.128. The minimum Gasteiger partial charge on any atom is -0.494 e. The molecule has 614 valence electrons. The zero-order chi connectivity index (χ0) is 79.5. The molecule has 0 aliphatic rings. The SMILES string of the molecule is C=CC(=O)OC(CCCCC)Oc1ccc(C(=O)Oc2ccc(OC(=O)c3ccc(OCCCCCCCCOC(=O)CCCCCOC(=O)CCCCCOC(=O)CCCCCOC(=O)CCCCCOC(=O)CCCCCOC(=O)CCCCCOC(=O)CCCCCOC(=O)CCCCCO)cc3)cc2)cc1. The van der Waals surface area contributed by atoms with Crippen LogP contribution in [-0.4, -0.2) is 143 Å². The summed E-state index contributed by atoms with van der Waals surface area (Å²) in [6.07, 6.45) is 28.0. The smallest absolute Gasteiger partial charge is 0.343 e. The Morgan fingerprint density at radius 1 is 0.309 bits per heavy atom. The van der Waals surface area contributed by atoms with Gasteiger partial charge in [0.25, 0.3) is 0 Å². The lowest BCUT2D eigenvalue weighted by Crippen LogP contribution is -2.23.